The van der Waals surface area contributed by atoms with Crippen molar-refractivity contribution in [3.8, 4) is 0 Å². The summed E-state index contributed by atoms with van der Waals surface area (Å²) in [5, 5.41) is 11.2. The molecular formula is C15H18F2N2O4. The summed E-state index contributed by atoms with van der Waals surface area (Å²) >= 11 is 0. The van der Waals surface area contributed by atoms with Crippen LogP contribution in [-0.4, -0.2) is 27.8 Å². The fourth-order valence-corrected chi connectivity index (χ4v) is 1.48. The molecule has 0 saturated heterocycles. The Morgan fingerprint density at radius 3 is 2.26 bits per heavy atom. The van der Waals surface area contributed by atoms with Crippen LogP contribution in [0.1, 0.15) is 39.0 Å². The lowest BCUT2D eigenvalue weighted by Crippen LogP contribution is -2.34. The minimum absolute atomic E-state index is 0.242. The Bertz CT molecular complexity index is 614. The number of carbonyl (C=O) groups is 2. The second-order valence-corrected chi connectivity index (χ2v) is 5.86. The number of carboxylic acid groups (broad SMARTS) is 1. The summed E-state index contributed by atoms with van der Waals surface area (Å²) in [6, 6.07) is 2.36. The summed E-state index contributed by atoms with van der Waals surface area (Å²) < 4.78 is 31.1. The van der Waals surface area contributed by atoms with Crippen LogP contribution >= 0.6 is 0 Å². The maximum Gasteiger partial charge on any atom is 0.412 e. The Hall–Kier alpha value is -2.51. The number of carboxylic acids is 1. The fraction of sp³-hybridized carbons (Fsp3) is 0.400. The lowest BCUT2D eigenvalue weighted by atomic mass is 10.2. The highest BCUT2D eigenvalue weighted by Gasteiger charge is 2.25. The molecule has 0 aromatic carbocycles. The molecule has 0 fully saturated rings. The van der Waals surface area contributed by atoms with E-state index < -0.39 is 35.0 Å². The molecule has 0 saturated carbocycles. The minimum atomic E-state index is -3.09. The number of aliphatic carboxylic acids is 1. The van der Waals surface area contributed by atoms with Gasteiger partial charge in [-0.15, -0.1) is 0 Å². The third-order valence-corrected chi connectivity index (χ3v) is 2.41. The van der Waals surface area contributed by atoms with Crippen molar-refractivity contribution in [1.29, 1.82) is 0 Å². The first-order valence-corrected chi connectivity index (χ1v) is 6.68. The predicted molar refractivity (Wildman–Crippen MR) is 78.8 cm³/mol. The molecule has 1 aromatic rings. The van der Waals surface area contributed by atoms with Crippen LogP contribution in [0.15, 0.2) is 24.0 Å². The molecule has 1 aromatic heterocycles. The van der Waals surface area contributed by atoms with Gasteiger partial charge in [0.2, 0.25) is 0 Å². The van der Waals surface area contributed by atoms with Crippen molar-refractivity contribution in [2.24, 2.45) is 0 Å². The second-order valence-electron chi connectivity index (χ2n) is 5.86. The third-order valence-electron chi connectivity index (χ3n) is 2.41. The van der Waals surface area contributed by atoms with Crippen LogP contribution < -0.4 is 5.32 Å². The van der Waals surface area contributed by atoms with Crippen molar-refractivity contribution in [2.45, 2.75) is 39.2 Å². The van der Waals surface area contributed by atoms with Crippen molar-refractivity contribution < 1.29 is 28.2 Å². The molecule has 0 unspecified atom stereocenters. The van der Waals surface area contributed by atoms with Gasteiger partial charge in [0, 0.05) is 13.1 Å². The van der Waals surface area contributed by atoms with Crippen molar-refractivity contribution in [3.05, 3.63) is 35.3 Å². The van der Waals surface area contributed by atoms with E-state index in [2.05, 4.69) is 10.3 Å². The Labute approximate surface area is 132 Å². The minimum Gasteiger partial charge on any atom is -0.477 e. The first kappa shape index (κ1) is 18.5. The molecule has 23 heavy (non-hydrogen) atoms. The average Bonchev–Trinajstić information content (AvgIpc) is 2.35. The van der Waals surface area contributed by atoms with Gasteiger partial charge in [-0.3, -0.25) is 10.3 Å². The predicted octanol–water partition coefficient (Wildman–Crippen LogP) is 3.14. The Kier molecular flexibility index (Phi) is 5.42. The van der Waals surface area contributed by atoms with E-state index in [4.69, 9.17) is 9.84 Å². The molecule has 126 valence electrons. The number of halogens is 2. The Morgan fingerprint density at radius 1 is 1.26 bits per heavy atom. The van der Waals surface area contributed by atoms with Gasteiger partial charge < -0.3 is 9.84 Å². The van der Waals surface area contributed by atoms with Crippen LogP contribution in [0.2, 0.25) is 0 Å². The van der Waals surface area contributed by atoms with Gasteiger partial charge in [-0.2, -0.15) is 8.78 Å². The molecule has 0 aliphatic heterocycles. The van der Waals surface area contributed by atoms with E-state index in [-0.39, 0.29) is 5.56 Å². The van der Waals surface area contributed by atoms with Crippen molar-refractivity contribution in [2.75, 3.05) is 0 Å². The molecule has 6 nitrogen and oxygen atoms in total. The molecule has 8 heteroatoms. The first-order valence-electron chi connectivity index (χ1n) is 6.68. The van der Waals surface area contributed by atoms with Crippen LogP contribution in [-0.2, 0) is 15.5 Å². The number of carbonyl (C=O) groups excluding carboxylic acids is 1. The highest BCUT2D eigenvalue weighted by Crippen LogP contribution is 2.24. The quantitative estimate of drug-likeness (QED) is 0.829. The summed E-state index contributed by atoms with van der Waals surface area (Å²) in [5.74, 6) is -4.49. The van der Waals surface area contributed by atoms with Crippen LogP contribution in [0, 0.1) is 0 Å². The van der Waals surface area contributed by atoms with E-state index in [9.17, 15) is 18.4 Å². The zero-order valence-corrected chi connectivity index (χ0v) is 13.2. The zero-order valence-electron chi connectivity index (χ0n) is 13.2. The third kappa shape index (κ3) is 6.41. The maximum atomic E-state index is 13.1. The topological polar surface area (TPSA) is 88.5 Å². The van der Waals surface area contributed by atoms with E-state index in [1.807, 2.05) is 0 Å². The molecule has 0 aliphatic carbocycles. The summed E-state index contributed by atoms with van der Waals surface area (Å²) in [7, 11) is 0. The number of alkyl carbamates (subject to hydrolysis) is 1. The monoisotopic (exact) mass is 328 g/mol. The number of alkyl halides is 2. The summed E-state index contributed by atoms with van der Waals surface area (Å²) in [4.78, 5) is 26.3. The van der Waals surface area contributed by atoms with Gasteiger partial charge in [0.15, 0.2) is 0 Å². The highest BCUT2D eigenvalue weighted by molar-refractivity contribution is 5.95. The summed E-state index contributed by atoms with van der Waals surface area (Å²) in [6.07, 6.45) is 1.25. The molecular weight excluding hydrogens is 310 g/mol. The largest absolute Gasteiger partial charge is 0.477 e. The van der Waals surface area contributed by atoms with Gasteiger partial charge >= 0.3 is 12.1 Å². The van der Waals surface area contributed by atoms with Gasteiger partial charge in [0.05, 0.1) is 0 Å². The Balaban J connectivity index is 2.95. The van der Waals surface area contributed by atoms with E-state index in [0.717, 1.165) is 18.3 Å². The lowest BCUT2D eigenvalue weighted by Gasteiger charge is -2.19. The fourth-order valence-electron chi connectivity index (χ4n) is 1.48. The SMILES string of the molecule is CC(C)(C)OC(=O)NC(=Cc1ccc(C(C)(F)F)nc1)C(=O)O. The van der Waals surface area contributed by atoms with Crippen molar-refractivity contribution in [3.63, 3.8) is 0 Å². The van der Waals surface area contributed by atoms with E-state index >= 15 is 0 Å². The second kappa shape index (κ2) is 6.72. The van der Waals surface area contributed by atoms with Gasteiger partial charge in [0.25, 0.3) is 5.92 Å². The van der Waals surface area contributed by atoms with E-state index in [1.165, 1.54) is 6.07 Å². The lowest BCUT2D eigenvalue weighted by molar-refractivity contribution is -0.133. The number of ether oxygens (including phenoxy) is 1. The highest BCUT2D eigenvalue weighted by atomic mass is 19.3. The number of aromatic nitrogens is 1. The number of amides is 1. The number of hydrogen-bond donors (Lipinski definition) is 2. The molecule has 0 spiro atoms. The van der Waals surface area contributed by atoms with Crippen molar-refractivity contribution >= 4 is 18.1 Å². The molecule has 2 N–H and O–H groups in total. The molecule has 1 heterocycles. The normalized spacial score (nSPS) is 12.7. The average molecular weight is 328 g/mol. The molecule has 1 amide bonds. The molecule has 0 atom stereocenters. The number of hydrogen-bond acceptors (Lipinski definition) is 4. The van der Waals surface area contributed by atoms with Crippen LogP contribution in [0.25, 0.3) is 6.08 Å². The molecule has 0 aliphatic rings. The summed E-state index contributed by atoms with van der Waals surface area (Å²) in [6.45, 7) is 5.59. The number of rotatable bonds is 4. The van der Waals surface area contributed by atoms with Gasteiger partial charge in [0.1, 0.15) is 17.0 Å². The number of nitrogens with zero attached hydrogens (tertiary/aromatic N) is 1. The zero-order chi connectivity index (χ0) is 17.8. The maximum absolute atomic E-state index is 13.1. The van der Waals surface area contributed by atoms with E-state index in [1.54, 1.807) is 20.8 Å². The number of nitrogens with one attached hydrogen (secondary N) is 1. The van der Waals surface area contributed by atoms with Gasteiger partial charge in [-0.05, 0) is 38.5 Å². The van der Waals surface area contributed by atoms with Crippen LogP contribution in [0.3, 0.4) is 0 Å². The Morgan fingerprint density at radius 2 is 1.87 bits per heavy atom. The van der Waals surface area contributed by atoms with Gasteiger partial charge in [-0.1, -0.05) is 6.07 Å². The van der Waals surface area contributed by atoms with Crippen molar-refractivity contribution in [1.82, 2.24) is 10.3 Å². The van der Waals surface area contributed by atoms with E-state index in [0.29, 0.717) is 6.92 Å². The number of pyridine rings is 1. The van der Waals surface area contributed by atoms with Crippen LogP contribution in [0.4, 0.5) is 13.6 Å². The molecule has 0 bridgehead atoms. The molecule has 1 rings (SSSR count). The first-order chi connectivity index (χ1) is 10.4. The smallest absolute Gasteiger partial charge is 0.412 e. The standard InChI is InChI=1S/C15H18F2N2O4/c1-14(2,3)23-13(22)19-10(12(20)21)7-9-5-6-11(18-8-9)15(4,16)17/h5-8H,1-4H3,(H,19,22)(H,20,21). The van der Waals surface area contributed by atoms with Crippen LogP contribution in [0.5, 0.6) is 0 Å². The van der Waals surface area contributed by atoms with Gasteiger partial charge in [-0.25, -0.2) is 9.59 Å². The summed E-state index contributed by atoms with van der Waals surface area (Å²) in [5.41, 5.74) is -1.45. The molecule has 0 radical (unpaired) electrons.